The number of urea groups is 1. The van der Waals surface area contributed by atoms with Crippen LogP contribution < -0.4 is 93.2 Å². The molecule has 18 atom stereocenters. The molecule has 22 N–H and O–H groups in total. The summed E-state index contributed by atoms with van der Waals surface area (Å²) in [4.78, 5) is 140. The van der Waals surface area contributed by atoms with Gasteiger partial charge in [-0.3, -0.25) is 43.7 Å². The van der Waals surface area contributed by atoms with E-state index in [2.05, 4.69) is 63.8 Å². The minimum atomic E-state index is -2.37. The van der Waals surface area contributed by atoms with Gasteiger partial charge in [-0.1, -0.05) is 43.6 Å². The van der Waals surface area contributed by atoms with Crippen molar-refractivity contribution in [3.63, 3.8) is 0 Å². The number of benzene rings is 6. The van der Waals surface area contributed by atoms with E-state index in [1.54, 1.807) is 21.0 Å². The van der Waals surface area contributed by atoms with Gasteiger partial charge in [-0.2, -0.15) is 0 Å². The van der Waals surface area contributed by atoms with Crippen molar-refractivity contribution in [3.05, 3.63) is 141 Å². The second kappa shape index (κ2) is 40.3. The molecule has 6 aromatic carbocycles. The van der Waals surface area contributed by atoms with E-state index >= 15 is 28.8 Å². The SMILES string of the molecule is CNCCOc1ccc(NC(=O)NC(=O)C[C@@H]2NC(=O)[C@H](NC(=O)[C@@H](CC(C)C)NC)[C@H](O)c3ccc(c(C)c3)Oc3cc4cc(c3O[C@@H]3O[C@H](CO)[C@@H](O)[C@H](O)[C@H]3O[C@H]3C[C@](C)(N)[C@H](O)[C@H](C)O3)Oc3ccc(cc3Cl)[C@@H](O)[C@@H]3NC(=O)[C@H](NC(=O)[C@@H]4NC2=O)c2ccc(O)c(c2)-c2c(C)cc(O)cc2[C@@H](C(=O)NC2C4CC5CC(C4)CC2C5)NC3=O)cc1OCCNC. The number of imide groups is 1. The zero-order valence-electron chi connectivity index (χ0n) is 73.2. The summed E-state index contributed by atoms with van der Waals surface area (Å²) >= 11 is 7.34. The number of rotatable bonds is 23. The van der Waals surface area contributed by atoms with Crippen molar-refractivity contribution in [2.24, 2.45) is 35.3 Å². The van der Waals surface area contributed by atoms with Crippen LogP contribution in [0.2, 0.25) is 5.02 Å². The molecule has 7 aliphatic heterocycles. The molecule has 38 nitrogen and oxygen atoms in total. The number of ether oxygens (including phenoxy) is 8. The summed E-state index contributed by atoms with van der Waals surface area (Å²) in [6.45, 7) is 10.1. The number of hydrogen-bond acceptors (Lipinski definition) is 29. The van der Waals surface area contributed by atoms with Gasteiger partial charge < -0.3 is 143 Å². The number of aliphatic hydroxyl groups excluding tert-OH is 6. The molecule has 17 rings (SSSR count). The van der Waals surface area contributed by atoms with Gasteiger partial charge in [-0.15, -0.1) is 0 Å². The highest BCUT2D eigenvalue weighted by atomic mass is 35.5. The van der Waals surface area contributed by atoms with Crippen LogP contribution in [0, 0.1) is 43.4 Å². The Morgan fingerprint density at radius 3 is 1.94 bits per heavy atom. The molecule has 4 saturated carbocycles. The van der Waals surface area contributed by atoms with Crippen LogP contribution in [0.5, 0.6) is 51.7 Å². The fraction of sp³-hybridized carbons (Fsp3) is 0.505. The second-order valence-electron chi connectivity index (χ2n) is 35.6. The monoisotopic (exact) mass is 1820 g/mol. The Morgan fingerprint density at radius 2 is 1.29 bits per heavy atom. The van der Waals surface area contributed by atoms with Crippen molar-refractivity contribution >= 4 is 70.6 Å². The Labute approximate surface area is 754 Å². The number of halogens is 1. The minimum absolute atomic E-state index is 0.0509. The highest BCUT2D eigenvalue weighted by Gasteiger charge is 2.53. The lowest BCUT2D eigenvalue weighted by Gasteiger charge is -2.54. The number of anilines is 1. The molecule has 4 aliphatic carbocycles. The Morgan fingerprint density at radius 1 is 0.654 bits per heavy atom. The van der Waals surface area contributed by atoms with Crippen LogP contribution in [-0.4, -0.2) is 233 Å². The first-order valence-corrected chi connectivity index (χ1v) is 44.0. The number of aromatic hydroxyl groups is 2. The van der Waals surface area contributed by atoms with Crippen molar-refractivity contribution in [2.45, 2.75) is 208 Å². The van der Waals surface area contributed by atoms with Crippen molar-refractivity contribution < 1.29 is 122 Å². The maximum Gasteiger partial charge on any atom is 0.325 e. The first-order chi connectivity index (χ1) is 62.0. The summed E-state index contributed by atoms with van der Waals surface area (Å²) < 4.78 is 51.4. The van der Waals surface area contributed by atoms with Gasteiger partial charge in [-0.25, -0.2) is 4.79 Å². The lowest BCUT2D eigenvalue weighted by molar-refractivity contribution is -0.333. The molecule has 2 saturated heterocycles. The van der Waals surface area contributed by atoms with Crippen molar-refractivity contribution in [3.8, 4) is 62.9 Å². The lowest BCUT2D eigenvalue weighted by Crippen LogP contribution is -2.64. The van der Waals surface area contributed by atoms with Crippen LogP contribution in [0.15, 0.2) is 97.1 Å². The highest BCUT2D eigenvalue weighted by Crippen LogP contribution is 2.55. The van der Waals surface area contributed by atoms with Crippen LogP contribution in [0.25, 0.3) is 11.1 Å². The smallest absolute Gasteiger partial charge is 0.325 e. The standard InChI is InChI=1S/C91H114ClN13O25/c1-39(2)22-56(96-9)82(115)104-73-75(110)46-11-15-59(40(3)23-46)126-63-32-50-33-64(79(63)130-89-80(78(113)77(112)65(38-106)128-89)129-67-37-91(6,93)81(114)42(5)125-67)127-60-16-12-47(31-55(60)92)76(111)74-88(121)103-72(86(119)100-69-48-26-43-25-44(28-48)29-49(69)27-43)54-35-52(107)24-41(4)68(54)53-30-45(10-14-58(53)108)70(84(117)105-74)102-85(118)71(50)101-83(116)57(98-87(73)120)36-66(109)99-90(122)97-51-13-17-61(123-20-18-94-7)62(34-51)124-21-19-95-8/h10-17,23-24,30-35,39,42-44,48-49,56-57,65,67,69-78,80-81,89,94-96,106-108,110-114H,18-22,25-29,36-38,93H2,1-9H3,(H,98,120)(H,100,119)(H,101,116)(H,102,118)(H,103,121)(H,104,115)(H,105,117)(H2,97,99,109,122)/t42-,43?,44?,48?,49?,56+,57-,65+,67-,69?,70+,71+,72-,73+,74-,75+,76+,77+,78-,80+,81+,89-,91-/m0/s1. The molecule has 7 heterocycles. The molecule has 6 aromatic rings. The van der Waals surface area contributed by atoms with Gasteiger partial charge in [0.1, 0.15) is 103 Å². The van der Waals surface area contributed by atoms with E-state index in [-0.39, 0.29) is 128 Å². The van der Waals surface area contributed by atoms with Crippen molar-refractivity contribution in [1.29, 1.82) is 0 Å². The maximum absolute atomic E-state index is 16.8. The van der Waals surface area contributed by atoms with E-state index in [1.165, 1.54) is 113 Å². The van der Waals surface area contributed by atoms with Gasteiger partial charge in [0.15, 0.2) is 35.4 Å². The number of hydrogen-bond donors (Lipinski definition) is 21. The molecule has 39 heteroatoms. The van der Waals surface area contributed by atoms with Crippen molar-refractivity contribution in [2.75, 3.05) is 59.4 Å². The third-order valence-corrected chi connectivity index (χ3v) is 25.7. The van der Waals surface area contributed by atoms with Gasteiger partial charge in [0.05, 0.1) is 36.3 Å². The van der Waals surface area contributed by atoms with E-state index in [1.807, 2.05) is 13.8 Å². The Balaban J connectivity index is 0.952. The number of phenolic OH excluding ortho intramolecular Hbond substituents is 2. The van der Waals surface area contributed by atoms with Gasteiger partial charge in [0.2, 0.25) is 59.3 Å². The van der Waals surface area contributed by atoms with Crippen LogP contribution in [0.3, 0.4) is 0 Å². The molecule has 130 heavy (non-hydrogen) atoms. The molecule has 0 aromatic heterocycles. The summed E-state index contributed by atoms with van der Waals surface area (Å²) in [5.74, 6) is -11.0. The maximum atomic E-state index is 16.8. The largest absolute Gasteiger partial charge is 0.508 e. The molecule has 10 amide bonds. The third-order valence-electron chi connectivity index (χ3n) is 25.4. The number of fused-ring (bicyclic) bond motifs is 15. The molecule has 0 unspecified atom stereocenters. The topological polar surface area (TPSA) is 560 Å². The van der Waals surface area contributed by atoms with Crippen molar-refractivity contribution in [1.82, 2.24) is 58.5 Å². The van der Waals surface area contributed by atoms with E-state index < -0.39 is 204 Å². The van der Waals surface area contributed by atoms with Crippen LogP contribution in [0.4, 0.5) is 10.5 Å². The van der Waals surface area contributed by atoms with E-state index in [9.17, 15) is 55.2 Å². The summed E-state index contributed by atoms with van der Waals surface area (Å²) in [6, 6.07) is 5.25. The second-order valence-corrected chi connectivity index (χ2v) is 36.0. The first-order valence-electron chi connectivity index (χ1n) is 43.6. The average Bonchev–Trinajstić information content (AvgIpc) is 0.753. The van der Waals surface area contributed by atoms with Gasteiger partial charge in [-0.05, 0) is 234 Å². The minimum Gasteiger partial charge on any atom is -0.508 e. The number of carbonyl (C=O) groups excluding carboxylic acids is 9. The summed E-state index contributed by atoms with van der Waals surface area (Å²) in [5.41, 5.74) is 4.71. The molecule has 0 radical (unpaired) electrons. The summed E-state index contributed by atoms with van der Waals surface area (Å²) in [6.07, 6.45) is -14.1. The summed E-state index contributed by atoms with van der Waals surface area (Å²) in [7, 11) is 4.95. The number of nitrogens with two attached hydrogens (primary N) is 1. The molecule has 11 aliphatic rings. The number of aliphatic hydroxyl groups is 6. The number of aryl methyl sites for hydroxylation is 2. The first kappa shape index (κ1) is 95.0. The Kier molecular flexibility index (Phi) is 29.5. The number of carbonyl (C=O) groups is 9. The fourth-order valence-corrected chi connectivity index (χ4v) is 19.2. The predicted molar refractivity (Wildman–Crippen MR) is 467 cm³/mol. The van der Waals surface area contributed by atoms with Crippen LogP contribution in [-0.2, 0) is 52.6 Å². The molecular weight excluding hydrogens is 1710 g/mol. The highest BCUT2D eigenvalue weighted by molar-refractivity contribution is 6.32. The van der Waals surface area contributed by atoms with Crippen LogP contribution >= 0.6 is 11.6 Å². The van der Waals surface area contributed by atoms with Gasteiger partial charge in [0, 0.05) is 48.4 Å². The molecule has 0 spiro atoms. The van der Waals surface area contributed by atoms with E-state index in [0.29, 0.717) is 30.7 Å². The van der Waals surface area contributed by atoms with E-state index in [0.717, 1.165) is 44.2 Å². The average molecular weight is 1830 g/mol. The predicted octanol–water partition coefficient (Wildman–Crippen LogP) is 3.28. The zero-order chi connectivity index (χ0) is 93.2. The Bertz CT molecular complexity index is 5230. The molecule has 6 fully saturated rings. The van der Waals surface area contributed by atoms with Gasteiger partial charge in [0.25, 0.3) is 0 Å². The quantitative estimate of drug-likeness (QED) is 0.0409. The van der Waals surface area contributed by atoms with Crippen LogP contribution in [0.1, 0.15) is 148 Å². The summed E-state index contributed by atoms with van der Waals surface area (Å²) in [5, 5.41) is 128. The number of amides is 10. The lowest BCUT2D eigenvalue weighted by atomic mass is 9.54. The zero-order valence-corrected chi connectivity index (χ0v) is 73.9. The molecular formula is C91H114ClN13O25. The molecule has 15 bridgehead atoms. The van der Waals surface area contributed by atoms with Gasteiger partial charge >= 0.3 is 6.03 Å². The number of likely N-dealkylation sites (N-methyl/N-ethyl adjacent to an activating group) is 3. The normalized spacial score (nSPS) is 29.6. The fourth-order valence-electron chi connectivity index (χ4n) is 19.0. The third kappa shape index (κ3) is 20.9. The number of nitrogens with one attached hydrogen (secondary N) is 12. The van der Waals surface area contributed by atoms with E-state index in [4.69, 9.17) is 55.2 Å². The Hall–Kier alpha value is -11.1. The number of phenols is 2. The molecule has 700 valence electrons.